The lowest BCUT2D eigenvalue weighted by molar-refractivity contribution is 0.476. The van der Waals surface area contributed by atoms with Crippen molar-refractivity contribution in [1.82, 2.24) is 0 Å². The van der Waals surface area contributed by atoms with Crippen molar-refractivity contribution in [2.24, 2.45) is 0 Å². The van der Waals surface area contributed by atoms with Gasteiger partial charge in [-0.25, -0.2) is 0 Å². The first kappa shape index (κ1) is 20.3. The van der Waals surface area contributed by atoms with Gasteiger partial charge in [0.15, 0.2) is 5.75 Å². The lowest BCUT2D eigenvalue weighted by Gasteiger charge is -2.13. The summed E-state index contributed by atoms with van der Waals surface area (Å²) in [4.78, 5) is 0. The van der Waals surface area contributed by atoms with E-state index in [1.807, 2.05) is 72.8 Å². The van der Waals surface area contributed by atoms with Crippen molar-refractivity contribution in [3.05, 3.63) is 93.9 Å². The van der Waals surface area contributed by atoms with Crippen LogP contribution in [0.15, 0.2) is 93.9 Å². The third-order valence-electron chi connectivity index (χ3n) is 4.40. The zero-order valence-corrected chi connectivity index (χ0v) is 19.0. The Labute approximate surface area is 191 Å². The molecule has 4 nitrogen and oxygen atoms in total. The van der Waals surface area contributed by atoms with Crippen LogP contribution in [0, 0.1) is 0 Å². The van der Waals surface area contributed by atoms with Gasteiger partial charge in [-0.05, 0) is 116 Å². The molecule has 6 heteroatoms. The second-order valence-electron chi connectivity index (χ2n) is 6.64. The van der Waals surface area contributed by atoms with Gasteiger partial charge < -0.3 is 20.9 Å². The van der Waals surface area contributed by atoms with Crippen molar-refractivity contribution in [3.8, 4) is 34.1 Å². The third-order valence-corrected chi connectivity index (χ3v) is 5.58. The summed E-state index contributed by atoms with van der Waals surface area (Å²) in [6.45, 7) is 0. The maximum absolute atomic E-state index is 6.00. The molecule has 0 saturated heterocycles. The molecule has 4 aromatic rings. The van der Waals surface area contributed by atoms with E-state index in [4.69, 9.17) is 20.9 Å². The molecule has 4 aromatic carbocycles. The Morgan fingerprint density at radius 3 is 1.37 bits per heavy atom. The number of rotatable bonds is 5. The van der Waals surface area contributed by atoms with Crippen LogP contribution in [0.3, 0.4) is 0 Å². The van der Waals surface area contributed by atoms with Crippen LogP contribution in [0.5, 0.6) is 23.0 Å². The molecule has 0 amide bonds. The Morgan fingerprint density at radius 2 is 0.900 bits per heavy atom. The number of nitrogen functional groups attached to an aromatic ring is 2. The Kier molecular flexibility index (Phi) is 5.97. The van der Waals surface area contributed by atoms with Gasteiger partial charge in [0.25, 0.3) is 0 Å². The minimum Gasteiger partial charge on any atom is -0.457 e. The number of ether oxygens (including phenoxy) is 2. The first-order chi connectivity index (χ1) is 14.5. The summed E-state index contributed by atoms with van der Waals surface area (Å²) in [5, 5.41) is 0. The molecule has 0 bridgehead atoms. The summed E-state index contributed by atoms with van der Waals surface area (Å²) in [5.41, 5.74) is 14.9. The quantitative estimate of drug-likeness (QED) is 0.263. The van der Waals surface area contributed by atoms with Crippen molar-refractivity contribution in [2.75, 3.05) is 11.5 Å². The molecule has 0 unspecified atom stereocenters. The smallest absolute Gasteiger partial charge is 0.155 e. The Bertz CT molecular complexity index is 1140. The van der Waals surface area contributed by atoms with E-state index in [0.717, 1.165) is 31.6 Å². The highest BCUT2D eigenvalue weighted by Crippen LogP contribution is 2.40. The fourth-order valence-electron chi connectivity index (χ4n) is 2.87. The molecular formula is C24H18Br2N2O2. The monoisotopic (exact) mass is 524 g/mol. The van der Waals surface area contributed by atoms with Crippen molar-refractivity contribution in [1.29, 1.82) is 0 Å². The van der Waals surface area contributed by atoms with Gasteiger partial charge in [0, 0.05) is 11.4 Å². The van der Waals surface area contributed by atoms with Crippen LogP contribution in [0.4, 0.5) is 11.4 Å². The first-order valence-electron chi connectivity index (χ1n) is 9.14. The van der Waals surface area contributed by atoms with E-state index in [0.29, 0.717) is 22.9 Å². The Hall–Kier alpha value is -2.96. The predicted molar refractivity (Wildman–Crippen MR) is 129 cm³/mol. The van der Waals surface area contributed by atoms with Gasteiger partial charge in [0.2, 0.25) is 0 Å². The predicted octanol–water partition coefficient (Wildman–Crippen LogP) is 7.63. The summed E-state index contributed by atoms with van der Waals surface area (Å²) >= 11 is 7.23. The highest BCUT2D eigenvalue weighted by atomic mass is 79.9. The molecule has 0 aliphatic heterocycles. The summed E-state index contributed by atoms with van der Waals surface area (Å²) in [6.07, 6.45) is 0. The topological polar surface area (TPSA) is 70.5 Å². The fraction of sp³-hybridized carbons (Fsp3) is 0. The number of halogens is 2. The maximum atomic E-state index is 6.00. The summed E-state index contributed by atoms with van der Waals surface area (Å²) in [6, 6.07) is 26.5. The van der Waals surface area contributed by atoms with E-state index in [1.54, 1.807) is 12.1 Å². The maximum Gasteiger partial charge on any atom is 0.155 e. The van der Waals surface area contributed by atoms with Gasteiger partial charge >= 0.3 is 0 Å². The number of anilines is 2. The van der Waals surface area contributed by atoms with E-state index in [9.17, 15) is 0 Å². The normalized spacial score (nSPS) is 10.6. The Balaban J connectivity index is 1.53. The van der Waals surface area contributed by atoms with Gasteiger partial charge in [-0.15, -0.1) is 0 Å². The van der Waals surface area contributed by atoms with Gasteiger partial charge in [0.05, 0.1) is 8.95 Å². The first-order valence-corrected chi connectivity index (χ1v) is 10.7. The second kappa shape index (κ2) is 8.81. The van der Waals surface area contributed by atoms with Gasteiger partial charge in [-0.3, -0.25) is 0 Å². The molecule has 0 atom stereocenters. The molecule has 4 N–H and O–H groups in total. The molecule has 4 rings (SSSR count). The third kappa shape index (κ3) is 4.78. The van der Waals surface area contributed by atoms with Crippen molar-refractivity contribution in [2.45, 2.75) is 0 Å². The van der Waals surface area contributed by atoms with E-state index in [1.165, 1.54) is 0 Å². The molecule has 0 radical (unpaired) electrons. The van der Waals surface area contributed by atoms with E-state index in [-0.39, 0.29) is 0 Å². The number of hydrogen-bond donors (Lipinski definition) is 2. The van der Waals surface area contributed by atoms with Gasteiger partial charge in [0.1, 0.15) is 17.2 Å². The van der Waals surface area contributed by atoms with E-state index in [2.05, 4.69) is 31.9 Å². The lowest BCUT2D eigenvalue weighted by atomic mass is 10.1. The van der Waals surface area contributed by atoms with Crippen LogP contribution < -0.4 is 20.9 Å². The van der Waals surface area contributed by atoms with Crippen LogP contribution in [0.2, 0.25) is 0 Å². The molecule has 0 aliphatic carbocycles. The fourth-order valence-corrected chi connectivity index (χ4v) is 4.21. The standard InChI is InChI=1S/C24H18Br2N2O2/c25-22-13-16(14-23(26)24(22)30-21-11-5-18(28)6-12-21)15-1-7-19(8-2-15)29-20-9-3-17(27)4-10-20/h1-14H,27-28H2. The number of benzene rings is 4. The van der Waals surface area contributed by atoms with Crippen LogP contribution in [-0.2, 0) is 0 Å². The average Bonchev–Trinajstić information content (AvgIpc) is 2.74. The molecule has 30 heavy (non-hydrogen) atoms. The molecule has 0 aromatic heterocycles. The van der Waals surface area contributed by atoms with E-state index >= 15 is 0 Å². The average molecular weight is 526 g/mol. The number of nitrogens with two attached hydrogens (primary N) is 2. The summed E-state index contributed by atoms with van der Waals surface area (Å²) < 4.78 is 13.5. The van der Waals surface area contributed by atoms with Crippen LogP contribution in [0.25, 0.3) is 11.1 Å². The van der Waals surface area contributed by atoms with Crippen molar-refractivity contribution in [3.63, 3.8) is 0 Å². The van der Waals surface area contributed by atoms with Crippen LogP contribution in [-0.4, -0.2) is 0 Å². The highest BCUT2D eigenvalue weighted by Gasteiger charge is 2.12. The van der Waals surface area contributed by atoms with Crippen LogP contribution in [0.1, 0.15) is 0 Å². The molecule has 150 valence electrons. The molecule has 0 heterocycles. The molecule has 0 spiro atoms. The minimum absolute atomic E-state index is 0.694. The summed E-state index contributed by atoms with van der Waals surface area (Å²) in [5.74, 6) is 2.91. The lowest BCUT2D eigenvalue weighted by Crippen LogP contribution is -1.90. The largest absolute Gasteiger partial charge is 0.457 e. The molecule has 0 aliphatic rings. The molecular weight excluding hydrogens is 508 g/mol. The highest BCUT2D eigenvalue weighted by molar-refractivity contribution is 9.11. The zero-order chi connectivity index (χ0) is 21.1. The van der Waals surface area contributed by atoms with Crippen LogP contribution >= 0.6 is 31.9 Å². The van der Waals surface area contributed by atoms with E-state index < -0.39 is 0 Å². The second-order valence-corrected chi connectivity index (χ2v) is 8.34. The van der Waals surface area contributed by atoms with Gasteiger partial charge in [-0.1, -0.05) is 12.1 Å². The molecule has 0 saturated carbocycles. The SMILES string of the molecule is Nc1ccc(Oc2ccc(-c3cc(Br)c(Oc4ccc(N)cc4)c(Br)c3)cc2)cc1. The number of hydrogen-bond acceptors (Lipinski definition) is 4. The van der Waals surface area contributed by atoms with Crippen molar-refractivity contribution < 1.29 is 9.47 Å². The molecule has 0 fully saturated rings. The minimum atomic E-state index is 0.694. The van der Waals surface area contributed by atoms with Gasteiger partial charge in [-0.2, -0.15) is 0 Å². The Morgan fingerprint density at radius 1 is 0.500 bits per heavy atom. The van der Waals surface area contributed by atoms with Crippen molar-refractivity contribution >= 4 is 43.2 Å². The summed E-state index contributed by atoms with van der Waals surface area (Å²) in [7, 11) is 0. The zero-order valence-electron chi connectivity index (χ0n) is 15.8.